The van der Waals surface area contributed by atoms with Crippen LogP contribution in [0.15, 0.2) is 42.7 Å². The number of nitrogens with zero attached hydrogens (tertiary/aromatic N) is 5. The third kappa shape index (κ3) is 3.51. The molecule has 3 N–H and O–H groups in total. The summed E-state index contributed by atoms with van der Waals surface area (Å²) >= 11 is 0. The summed E-state index contributed by atoms with van der Waals surface area (Å²) in [4.78, 5) is 12.9. The Balaban J connectivity index is 0.00000171. The highest BCUT2D eigenvalue weighted by atomic mass is 19.1. The molecule has 0 fully saturated rings. The van der Waals surface area contributed by atoms with Crippen LogP contribution in [0.4, 0.5) is 20.4 Å². The number of methoxy groups -OCH3 is 1. The van der Waals surface area contributed by atoms with E-state index in [-0.39, 0.29) is 16.1 Å². The fourth-order valence-electron chi connectivity index (χ4n) is 3.02. The van der Waals surface area contributed by atoms with Gasteiger partial charge in [-0.2, -0.15) is 9.97 Å². The van der Waals surface area contributed by atoms with Gasteiger partial charge >= 0.3 is 6.01 Å². The van der Waals surface area contributed by atoms with E-state index in [2.05, 4.69) is 25.4 Å². The topological polar surface area (TPSA) is 103 Å². The van der Waals surface area contributed by atoms with E-state index in [9.17, 15) is 8.78 Å². The second-order valence-electron chi connectivity index (χ2n) is 6.31. The standard InChI is InChI=1S/C19H17F2N7O.3H2/c1-10(12-5-4-11(20)8-13(12)21)24-15-9-14(25-19(26-15)29-2)16-17(22)27-28-7-3-6-23-18(16)28;;;/h3-10H,1-2H3,(H2,22,27)(H,24,25,26);3*1H/t10-;;;/m0.../s1. The van der Waals surface area contributed by atoms with Crippen molar-refractivity contribution in [2.24, 2.45) is 0 Å². The number of nitrogens with one attached hydrogen (secondary N) is 1. The molecule has 154 valence electrons. The molecule has 0 unspecified atom stereocenters. The quantitative estimate of drug-likeness (QED) is 0.520. The Morgan fingerprint density at radius 3 is 2.83 bits per heavy atom. The summed E-state index contributed by atoms with van der Waals surface area (Å²) in [6, 6.07) is 6.39. The molecule has 0 aliphatic carbocycles. The van der Waals surface area contributed by atoms with Gasteiger partial charge in [0.1, 0.15) is 17.5 Å². The van der Waals surface area contributed by atoms with Crippen LogP contribution in [-0.2, 0) is 0 Å². The number of anilines is 2. The first-order valence-corrected chi connectivity index (χ1v) is 8.70. The van der Waals surface area contributed by atoms with E-state index in [1.54, 1.807) is 36.0 Å². The van der Waals surface area contributed by atoms with Gasteiger partial charge in [0.05, 0.1) is 24.4 Å². The molecule has 0 saturated carbocycles. The molecule has 10 heteroatoms. The number of ether oxygens (including phenoxy) is 1. The van der Waals surface area contributed by atoms with Crippen molar-refractivity contribution in [1.29, 1.82) is 0 Å². The smallest absolute Gasteiger partial charge is 0.318 e. The van der Waals surface area contributed by atoms with E-state index in [1.807, 2.05) is 0 Å². The van der Waals surface area contributed by atoms with Gasteiger partial charge in [0, 0.05) is 34.4 Å². The number of hydrogen-bond donors (Lipinski definition) is 2. The van der Waals surface area contributed by atoms with Crippen molar-refractivity contribution < 1.29 is 17.8 Å². The third-order valence-corrected chi connectivity index (χ3v) is 4.36. The van der Waals surface area contributed by atoms with Gasteiger partial charge in [0.25, 0.3) is 0 Å². The molecule has 0 amide bonds. The highest BCUT2D eigenvalue weighted by Crippen LogP contribution is 2.31. The third-order valence-electron chi connectivity index (χ3n) is 4.36. The van der Waals surface area contributed by atoms with E-state index >= 15 is 0 Å². The maximum absolute atomic E-state index is 14.1. The summed E-state index contributed by atoms with van der Waals surface area (Å²) in [6.07, 6.45) is 3.34. The minimum absolute atomic E-state index is 0. The lowest BCUT2D eigenvalue weighted by Gasteiger charge is -2.16. The summed E-state index contributed by atoms with van der Waals surface area (Å²) in [5.41, 5.74) is 7.86. The number of aromatic nitrogens is 5. The van der Waals surface area contributed by atoms with E-state index in [1.165, 1.54) is 19.2 Å². The van der Waals surface area contributed by atoms with Crippen molar-refractivity contribution in [2.45, 2.75) is 13.0 Å². The Morgan fingerprint density at radius 2 is 2.07 bits per heavy atom. The number of fused-ring (bicyclic) bond motifs is 1. The predicted molar refractivity (Wildman–Crippen MR) is 110 cm³/mol. The average Bonchev–Trinajstić information content (AvgIpc) is 3.03. The lowest BCUT2D eigenvalue weighted by molar-refractivity contribution is 0.381. The van der Waals surface area contributed by atoms with Gasteiger partial charge in [-0.05, 0) is 19.1 Å². The van der Waals surface area contributed by atoms with E-state index in [0.717, 1.165) is 6.07 Å². The van der Waals surface area contributed by atoms with Crippen LogP contribution in [0.5, 0.6) is 6.01 Å². The van der Waals surface area contributed by atoms with Crippen LogP contribution >= 0.6 is 0 Å². The van der Waals surface area contributed by atoms with Gasteiger partial charge in [0.2, 0.25) is 0 Å². The van der Waals surface area contributed by atoms with Crippen LogP contribution in [0.1, 0.15) is 22.8 Å². The first-order chi connectivity index (χ1) is 14.0. The molecule has 3 aromatic heterocycles. The largest absolute Gasteiger partial charge is 0.467 e. The van der Waals surface area contributed by atoms with Crippen molar-refractivity contribution >= 4 is 17.3 Å². The van der Waals surface area contributed by atoms with E-state index < -0.39 is 17.7 Å². The van der Waals surface area contributed by atoms with Crippen LogP contribution in [0.3, 0.4) is 0 Å². The fraction of sp³-hybridized carbons (Fsp3) is 0.158. The zero-order chi connectivity index (χ0) is 20.5. The molecule has 4 aromatic rings. The number of rotatable bonds is 5. The molecule has 0 bridgehead atoms. The molecule has 1 atom stereocenters. The molecule has 0 saturated heterocycles. The van der Waals surface area contributed by atoms with Crippen LogP contribution in [0.25, 0.3) is 16.9 Å². The first-order valence-electron chi connectivity index (χ1n) is 8.70. The Morgan fingerprint density at radius 1 is 1.24 bits per heavy atom. The predicted octanol–water partition coefficient (Wildman–Crippen LogP) is 3.97. The zero-order valence-electron chi connectivity index (χ0n) is 15.6. The molecule has 0 aliphatic rings. The van der Waals surface area contributed by atoms with Crippen molar-refractivity contribution in [3.05, 3.63) is 59.9 Å². The van der Waals surface area contributed by atoms with Crippen molar-refractivity contribution in [3.8, 4) is 17.3 Å². The Labute approximate surface area is 168 Å². The highest BCUT2D eigenvalue weighted by Gasteiger charge is 2.19. The molecule has 0 radical (unpaired) electrons. The summed E-state index contributed by atoms with van der Waals surface area (Å²) in [6.45, 7) is 1.73. The van der Waals surface area contributed by atoms with Gasteiger partial charge in [0.15, 0.2) is 11.5 Å². The molecular formula is C19H23F2N7O. The molecule has 3 heterocycles. The molecule has 8 nitrogen and oxygen atoms in total. The summed E-state index contributed by atoms with van der Waals surface area (Å²) in [7, 11) is 1.43. The van der Waals surface area contributed by atoms with Gasteiger partial charge in [-0.1, -0.05) is 6.07 Å². The number of benzene rings is 1. The van der Waals surface area contributed by atoms with Gasteiger partial charge in [-0.25, -0.2) is 18.3 Å². The van der Waals surface area contributed by atoms with Crippen LogP contribution in [0.2, 0.25) is 0 Å². The monoisotopic (exact) mass is 403 g/mol. The molecule has 29 heavy (non-hydrogen) atoms. The lowest BCUT2D eigenvalue weighted by atomic mass is 10.1. The summed E-state index contributed by atoms with van der Waals surface area (Å²) in [5.74, 6) is -0.673. The normalized spacial score (nSPS) is 12.1. The SMILES string of the molecule is COc1nc(N[C@@H](C)c2ccc(F)cc2F)cc(-c2c(N)nn3cccnc23)n1.[HH].[HH].[HH]. The number of hydrogen-bond acceptors (Lipinski definition) is 7. The first kappa shape index (κ1) is 18.5. The highest BCUT2D eigenvalue weighted by molar-refractivity contribution is 5.85. The minimum atomic E-state index is -0.651. The van der Waals surface area contributed by atoms with Gasteiger partial charge in [-0.15, -0.1) is 5.10 Å². The number of nitrogens with two attached hydrogens (primary N) is 1. The Hall–Kier alpha value is -3.82. The maximum atomic E-state index is 14.1. The van der Waals surface area contributed by atoms with Crippen LogP contribution in [-0.4, -0.2) is 31.7 Å². The van der Waals surface area contributed by atoms with Crippen LogP contribution < -0.4 is 15.8 Å². The molecule has 0 aliphatic heterocycles. The minimum Gasteiger partial charge on any atom is -0.467 e. The lowest BCUT2D eigenvalue weighted by Crippen LogP contribution is -2.11. The maximum Gasteiger partial charge on any atom is 0.318 e. The van der Waals surface area contributed by atoms with Crippen molar-refractivity contribution in [2.75, 3.05) is 18.2 Å². The summed E-state index contributed by atoms with van der Waals surface area (Å²) in [5, 5.41) is 7.31. The summed E-state index contributed by atoms with van der Waals surface area (Å²) < 4.78 is 34.0. The van der Waals surface area contributed by atoms with Crippen molar-refractivity contribution in [3.63, 3.8) is 0 Å². The number of halogens is 2. The Kier molecular flexibility index (Phi) is 4.67. The number of nitrogen functional groups attached to an aromatic ring is 1. The molecule has 1 aromatic carbocycles. The van der Waals surface area contributed by atoms with Crippen molar-refractivity contribution in [1.82, 2.24) is 24.6 Å². The van der Waals surface area contributed by atoms with E-state index in [4.69, 9.17) is 10.5 Å². The van der Waals surface area contributed by atoms with Gasteiger partial charge < -0.3 is 15.8 Å². The second kappa shape index (κ2) is 7.30. The average molecular weight is 403 g/mol. The fourth-order valence-corrected chi connectivity index (χ4v) is 3.02. The van der Waals surface area contributed by atoms with E-state index in [0.29, 0.717) is 28.3 Å². The second-order valence-corrected chi connectivity index (χ2v) is 6.31. The van der Waals surface area contributed by atoms with Gasteiger partial charge in [-0.3, -0.25) is 0 Å². The molecule has 0 spiro atoms. The molecular weight excluding hydrogens is 380 g/mol. The Bertz CT molecular complexity index is 1210. The molecule has 4 rings (SSSR count). The zero-order valence-corrected chi connectivity index (χ0v) is 15.6. The van der Waals surface area contributed by atoms with Crippen LogP contribution in [0, 0.1) is 11.6 Å².